The molecule has 0 aliphatic carbocycles. The van der Waals surface area contributed by atoms with Gasteiger partial charge in [0.05, 0.1) is 11.6 Å². The minimum Gasteiger partial charge on any atom is -0.355 e. The largest absolute Gasteiger partial charge is 0.355 e. The number of carbonyl (C=O) groups excluding carboxylic acids is 2. The third-order valence-corrected chi connectivity index (χ3v) is 3.50. The fourth-order valence-corrected chi connectivity index (χ4v) is 2.33. The molecular weight excluding hydrogens is 273 g/mol. The number of benzene rings is 1. The molecule has 1 aliphatic heterocycles. The second-order valence-electron chi connectivity index (χ2n) is 5.45. The maximum Gasteiger partial charge on any atom is 0.227 e. The van der Waals surface area contributed by atoms with Gasteiger partial charge in [-0.1, -0.05) is 12.1 Å². The van der Waals surface area contributed by atoms with Crippen LogP contribution >= 0.6 is 0 Å². The van der Waals surface area contributed by atoms with Crippen molar-refractivity contribution in [1.82, 2.24) is 10.2 Å². The van der Waals surface area contributed by atoms with Crippen LogP contribution in [0, 0.1) is 11.7 Å². The number of rotatable bonds is 5. The van der Waals surface area contributed by atoms with Gasteiger partial charge in [0.15, 0.2) is 0 Å². The van der Waals surface area contributed by atoms with E-state index in [1.807, 2.05) is 19.0 Å². The Morgan fingerprint density at radius 1 is 1.43 bits per heavy atom. The lowest BCUT2D eigenvalue weighted by molar-refractivity contribution is -0.126. The summed E-state index contributed by atoms with van der Waals surface area (Å²) in [7, 11) is 3.84. The summed E-state index contributed by atoms with van der Waals surface area (Å²) in [6.45, 7) is 1.51. The van der Waals surface area contributed by atoms with E-state index >= 15 is 0 Å². The Kier molecular flexibility index (Phi) is 4.90. The van der Waals surface area contributed by atoms with Crippen molar-refractivity contribution in [3.8, 4) is 0 Å². The smallest absolute Gasteiger partial charge is 0.227 e. The average Bonchev–Trinajstić information content (AvgIpc) is 2.81. The Balaban J connectivity index is 1.96. The van der Waals surface area contributed by atoms with E-state index in [2.05, 4.69) is 5.32 Å². The van der Waals surface area contributed by atoms with E-state index in [9.17, 15) is 14.0 Å². The number of halogens is 1. The van der Waals surface area contributed by atoms with Crippen molar-refractivity contribution in [3.05, 3.63) is 30.1 Å². The van der Waals surface area contributed by atoms with Gasteiger partial charge in [-0.2, -0.15) is 0 Å². The zero-order valence-corrected chi connectivity index (χ0v) is 12.3. The van der Waals surface area contributed by atoms with E-state index < -0.39 is 11.7 Å². The molecule has 2 rings (SSSR count). The number of nitrogens with one attached hydrogen (secondary N) is 1. The molecule has 1 heterocycles. The summed E-state index contributed by atoms with van der Waals surface area (Å²) in [6, 6.07) is 6.12. The first-order valence-corrected chi connectivity index (χ1v) is 6.96. The van der Waals surface area contributed by atoms with Crippen LogP contribution in [0.4, 0.5) is 10.1 Å². The van der Waals surface area contributed by atoms with Crippen molar-refractivity contribution >= 4 is 17.5 Å². The molecule has 5 nitrogen and oxygen atoms in total. The number of anilines is 1. The highest BCUT2D eigenvalue weighted by molar-refractivity contribution is 6.00. The summed E-state index contributed by atoms with van der Waals surface area (Å²) in [5, 5.41) is 2.81. The van der Waals surface area contributed by atoms with E-state index in [4.69, 9.17) is 0 Å². The summed E-state index contributed by atoms with van der Waals surface area (Å²) < 4.78 is 13.7. The Labute approximate surface area is 123 Å². The molecule has 0 aromatic heterocycles. The van der Waals surface area contributed by atoms with Gasteiger partial charge in [0.25, 0.3) is 0 Å². The molecule has 1 aromatic carbocycles. The van der Waals surface area contributed by atoms with Crippen molar-refractivity contribution in [2.45, 2.75) is 6.42 Å². The van der Waals surface area contributed by atoms with Crippen LogP contribution in [0.25, 0.3) is 0 Å². The van der Waals surface area contributed by atoms with Crippen LogP contribution < -0.4 is 10.2 Å². The fourth-order valence-electron chi connectivity index (χ4n) is 2.33. The lowest BCUT2D eigenvalue weighted by atomic mass is 10.1. The van der Waals surface area contributed by atoms with Crippen LogP contribution in [0.1, 0.15) is 6.42 Å². The highest BCUT2D eigenvalue weighted by Gasteiger charge is 2.35. The molecule has 0 radical (unpaired) electrons. The molecule has 1 aromatic rings. The number of hydrogen-bond acceptors (Lipinski definition) is 3. The van der Waals surface area contributed by atoms with Gasteiger partial charge >= 0.3 is 0 Å². The van der Waals surface area contributed by atoms with E-state index in [0.29, 0.717) is 6.54 Å². The normalized spacial score (nSPS) is 18.4. The first-order chi connectivity index (χ1) is 9.99. The monoisotopic (exact) mass is 293 g/mol. The Morgan fingerprint density at radius 2 is 2.14 bits per heavy atom. The Morgan fingerprint density at radius 3 is 2.81 bits per heavy atom. The molecule has 1 fully saturated rings. The minimum absolute atomic E-state index is 0.127. The second kappa shape index (κ2) is 6.67. The average molecular weight is 293 g/mol. The topological polar surface area (TPSA) is 52.7 Å². The second-order valence-corrected chi connectivity index (χ2v) is 5.45. The molecule has 1 N–H and O–H groups in total. The third kappa shape index (κ3) is 3.78. The Bertz CT molecular complexity index is 533. The molecule has 1 unspecified atom stereocenters. The SMILES string of the molecule is CN(C)CCNC(=O)C1CC(=O)N(c2ccccc2F)C1. The van der Waals surface area contributed by atoms with Gasteiger partial charge in [-0.25, -0.2) is 4.39 Å². The van der Waals surface area contributed by atoms with Crippen LogP contribution in [0.3, 0.4) is 0 Å². The molecule has 1 saturated heterocycles. The highest BCUT2D eigenvalue weighted by atomic mass is 19.1. The lowest BCUT2D eigenvalue weighted by Crippen LogP contribution is -2.36. The number of para-hydroxylation sites is 1. The Hall–Kier alpha value is -1.95. The van der Waals surface area contributed by atoms with Gasteiger partial charge in [0.2, 0.25) is 11.8 Å². The number of nitrogens with zero attached hydrogens (tertiary/aromatic N) is 2. The van der Waals surface area contributed by atoms with Crippen molar-refractivity contribution in [2.24, 2.45) is 5.92 Å². The van der Waals surface area contributed by atoms with E-state index in [-0.39, 0.29) is 30.5 Å². The molecule has 6 heteroatoms. The lowest BCUT2D eigenvalue weighted by Gasteiger charge is -2.17. The summed E-state index contributed by atoms with van der Waals surface area (Å²) in [4.78, 5) is 27.3. The van der Waals surface area contributed by atoms with Gasteiger partial charge in [-0.05, 0) is 26.2 Å². The van der Waals surface area contributed by atoms with Gasteiger partial charge < -0.3 is 15.1 Å². The minimum atomic E-state index is -0.445. The third-order valence-electron chi connectivity index (χ3n) is 3.50. The van der Waals surface area contributed by atoms with Crippen molar-refractivity contribution < 1.29 is 14.0 Å². The van der Waals surface area contributed by atoms with Gasteiger partial charge in [-0.3, -0.25) is 9.59 Å². The van der Waals surface area contributed by atoms with E-state index in [1.54, 1.807) is 18.2 Å². The quantitative estimate of drug-likeness (QED) is 0.876. The summed E-state index contributed by atoms with van der Waals surface area (Å²) in [5.41, 5.74) is 0.242. The summed E-state index contributed by atoms with van der Waals surface area (Å²) in [5.74, 6) is -1.23. The molecular formula is C15H20FN3O2. The molecule has 0 spiro atoms. The fraction of sp³-hybridized carbons (Fsp3) is 0.467. The predicted octanol–water partition coefficient (Wildman–Crippen LogP) is 0.856. The number of hydrogen-bond donors (Lipinski definition) is 1. The summed E-state index contributed by atoms with van der Waals surface area (Å²) in [6.07, 6.45) is 0.127. The standard InChI is InChI=1S/C15H20FN3O2/c1-18(2)8-7-17-15(21)11-9-14(20)19(10-11)13-6-4-3-5-12(13)16/h3-6,11H,7-10H2,1-2H3,(H,17,21). The van der Waals surface area contributed by atoms with E-state index in [0.717, 1.165) is 6.54 Å². The molecule has 0 bridgehead atoms. The first kappa shape index (κ1) is 15.4. The molecule has 21 heavy (non-hydrogen) atoms. The maximum absolute atomic E-state index is 13.7. The van der Waals surface area contributed by atoms with Gasteiger partial charge in [0.1, 0.15) is 5.82 Å². The van der Waals surface area contributed by atoms with Crippen LogP contribution in [-0.2, 0) is 9.59 Å². The van der Waals surface area contributed by atoms with Crippen molar-refractivity contribution in [3.63, 3.8) is 0 Å². The zero-order valence-electron chi connectivity index (χ0n) is 12.3. The van der Waals surface area contributed by atoms with E-state index in [1.165, 1.54) is 11.0 Å². The van der Waals surface area contributed by atoms with Gasteiger partial charge in [0, 0.05) is 26.1 Å². The molecule has 0 saturated carbocycles. The van der Waals surface area contributed by atoms with Crippen LogP contribution in [0.15, 0.2) is 24.3 Å². The highest BCUT2D eigenvalue weighted by Crippen LogP contribution is 2.27. The van der Waals surface area contributed by atoms with Crippen LogP contribution in [0.2, 0.25) is 0 Å². The number of amides is 2. The number of carbonyl (C=O) groups is 2. The maximum atomic E-state index is 13.7. The molecule has 1 aliphatic rings. The predicted molar refractivity (Wildman–Crippen MR) is 78.4 cm³/mol. The number of likely N-dealkylation sites (N-methyl/N-ethyl adjacent to an activating group) is 1. The van der Waals surface area contributed by atoms with Crippen molar-refractivity contribution in [2.75, 3.05) is 38.6 Å². The first-order valence-electron chi connectivity index (χ1n) is 6.96. The molecule has 1 atom stereocenters. The van der Waals surface area contributed by atoms with Crippen LogP contribution in [0.5, 0.6) is 0 Å². The van der Waals surface area contributed by atoms with Crippen LogP contribution in [-0.4, -0.2) is 50.4 Å². The van der Waals surface area contributed by atoms with Gasteiger partial charge in [-0.15, -0.1) is 0 Å². The summed E-state index contributed by atoms with van der Waals surface area (Å²) >= 11 is 0. The zero-order chi connectivity index (χ0) is 15.4. The molecule has 2 amide bonds. The molecule has 114 valence electrons. The van der Waals surface area contributed by atoms with Crippen molar-refractivity contribution in [1.29, 1.82) is 0 Å².